The maximum atomic E-state index is 13.2. The molecule has 8 rings (SSSR count). The van der Waals surface area contributed by atoms with Gasteiger partial charge in [0.1, 0.15) is 12.6 Å². The van der Waals surface area contributed by atoms with Crippen molar-refractivity contribution in [2.45, 2.75) is 63.7 Å². The summed E-state index contributed by atoms with van der Waals surface area (Å²) in [5, 5.41) is 12.1. The second kappa shape index (κ2) is 16.1. The third-order valence-corrected chi connectivity index (χ3v) is 10.1. The third kappa shape index (κ3) is 8.19. The van der Waals surface area contributed by atoms with E-state index in [2.05, 4.69) is 20.9 Å². The van der Waals surface area contributed by atoms with Crippen LogP contribution in [0.1, 0.15) is 53.1 Å². The summed E-state index contributed by atoms with van der Waals surface area (Å²) in [5.41, 5.74) is 8.14. The molecule has 11 nitrogen and oxygen atoms in total. The van der Waals surface area contributed by atoms with Crippen LogP contribution in [0.3, 0.4) is 0 Å². The van der Waals surface area contributed by atoms with Crippen LogP contribution in [-0.4, -0.2) is 49.6 Å². The van der Waals surface area contributed by atoms with Gasteiger partial charge in [-0.05, 0) is 51.6 Å². The fourth-order valence-corrected chi connectivity index (χ4v) is 7.14. The molecule has 55 heavy (non-hydrogen) atoms. The van der Waals surface area contributed by atoms with Crippen molar-refractivity contribution in [3.8, 4) is 11.1 Å². The van der Waals surface area contributed by atoms with Crippen LogP contribution in [0.15, 0.2) is 134 Å². The van der Waals surface area contributed by atoms with Crippen molar-refractivity contribution in [2.24, 2.45) is 0 Å². The Kier molecular flexibility index (Phi) is 10.5. The maximum absolute atomic E-state index is 13.2. The quantitative estimate of drug-likeness (QED) is 0.136. The molecule has 278 valence electrons. The number of hydrogen-bond donors (Lipinski definition) is 2. The van der Waals surface area contributed by atoms with Crippen LogP contribution in [0.4, 0.5) is 4.79 Å². The predicted octanol–water partition coefficient (Wildman–Crippen LogP) is 7.00. The van der Waals surface area contributed by atoms with E-state index < -0.39 is 24.3 Å². The molecule has 2 saturated heterocycles. The number of hydrogen-bond acceptors (Lipinski definition) is 8. The molecule has 4 atom stereocenters. The van der Waals surface area contributed by atoms with Crippen molar-refractivity contribution in [1.82, 2.24) is 19.8 Å². The van der Waals surface area contributed by atoms with Crippen molar-refractivity contribution in [3.63, 3.8) is 0 Å². The number of imide groups is 1. The Morgan fingerprint density at radius 2 is 1.55 bits per heavy atom. The number of nitrogens with zero attached hydrogens (tertiary/aromatic N) is 3. The number of para-hydroxylation sites is 2. The minimum atomic E-state index is -0.978. The normalized spacial score (nSPS) is 19.8. The number of nitrogens with one attached hydrogen (secondary N) is 1. The van der Waals surface area contributed by atoms with Gasteiger partial charge >= 0.3 is 6.09 Å². The van der Waals surface area contributed by atoms with Crippen molar-refractivity contribution >= 4 is 28.9 Å². The van der Waals surface area contributed by atoms with Crippen LogP contribution in [0.2, 0.25) is 0 Å². The summed E-state index contributed by atoms with van der Waals surface area (Å²) in [6.07, 6.45) is 0.599. The summed E-state index contributed by atoms with van der Waals surface area (Å²) in [7, 11) is 0. The first-order chi connectivity index (χ1) is 26.9. The number of imidazole rings is 1. The number of aliphatic hydroxyl groups excluding tert-OH is 1. The molecule has 1 aromatic heterocycles. The van der Waals surface area contributed by atoms with Crippen LogP contribution in [0.5, 0.6) is 0 Å². The molecule has 11 heteroatoms. The van der Waals surface area contributed by atoms with Gasteiger partial charge in [0.25, 0.3) is 5.91 Å². The number of rotatable bonds is 11. The molecule has 6 aromatic rings. The largest absolute Gasteiger partial charge is 0.445 e. The van der Waals surface area contributed by atoms with E-state index in [0.29, 0.717) is 13.0 Å². The lowest BCUT2D eigenvalue weighted by atomic mass is 9.99. The first kappa shape index (κ1) is 35.9. The van der Waals surface area contributed by atoms with Crippen LogP contribution in [-0.2, 0) is 50.1 Å². The monoisotopic (exact) mass is 736 g/mol. The molecule has 0 bridgehead atoms. The van der Waals surface area contributed by atoms with Crippen LogP contribution < -0.4 is 5.32 Å². The lowest BCUT2D eigenvalue weighted by Gasteiger charge is -2.36. The topological polar surface area (TPSA) is 132 Å². The number of likely N-dealkylation sites (tertiary alicyclic amines) is 1. The highest BCUT2D eigenvalue weighted by atomic mass is 16.7. The maximum Gasteiger partial charge on any atom is 0.408 e. The number of ether oxygens (including phenoxy) is 3. The molecule has 2 N–H and O–H groups in total. The Hall–Kier alpha value is -6.14. The Bertz CT molecular complexity index is 2290. The molecule has 3 amide bonds. The van der Waals surface area contributed by atoms with Crippen LogP contribution in [0, 0.1) is 0 Å². The molecule has 0 saturated carbocycles. The Morgan fingerprint density at radius 3 is 2.35 bits per heavy atom. The molecule has 2 fully saturated rings. The number of aliphatic hydroxyl groups is 1. The van der Waals surface area contributed by atoms with E-state index in [1.165, 1.54) is 4.90 Å². The summed E-state index contributed by atoms with van der Waals surface area (Å²) >= 11 is 0. The van der Waals surface area contributed by atoms with Crippen molar-refractivity contribution in [1.29, 1.82) is 0 Å². The number of amides is 3. The number of fused-ring (bicyclic) bond motifs is 1. The zero-order chi connectivity index (χ0) is 37.7. The minimum Gasteiger partial charge on any atom is -0.445 e. The molecular formula is C44H40N4O7. The first-order valence-corrected chi connectivity index (χ1v) is 18.3. The van der Waals surface area contributed by atoms with Gasteiger partial charge in [-0.3, -0.25) is 14.5 Å². The van der Waals surface area contributed by atoms with E-state index in [1.807, 2.05) is 128 Å². The van der Waals surface area contributed by atoms with Gasteiger partial charge in [-0.2, -0.15) is 0 Å². The van der Waals surface area contributed by atoms with Gasteiger partial charge in [0.2, 0.25) is 5.91 Å². The Balaban J connectivity index is 0.941. The zero-order valence-corrected chi connectivity index (χ0v) is 30.0. The molecule has 0 radical (unpaired) electrons. The summed E-state index contributed by atoms with van der Waals surface area (Å²) in [6.45, 7) is 0.723. The fraction of sp³-hybridized carbons (Fsp3) is 0.227. The third-order valence-electron chi connectivity index (χ3n) is 10.1. The Labute approximate surface area is 318 Å². The molecule has 2 aliphatic heterocycles. The lowest BCUT2D eigenvalue weighted by molar-refractivity contribution is -0.252. The molecule has 0 aliphatic carbocycles. The number of alkyl carbamates (subject to hydrolysis) is 1. The Morgan fingerprint density at radius 1 is 0.800 bits per heavy atom. The highest BCUT2D eigenvalue weighted by Crippen LogP contribution is 2.39. The smallest absolute Gasteiger partial charge is 0.408 e. The molecule has 2 aliphatic rings. The van der Waals surface area contributed by atoms with Gasteiger partial charge in [-0.25, -0.2) is 9.78 Å². The molecule has 1 unspecified atom stereocenters. The van der Waals surface area contributed by atoms with E-state index in [9.17, 15) is 19.5 Å². The highest BCUT2D eigenvalue weighted by molar-refractivity contribution is 6.06. The zero-order valence-electron chi connectivity index (χ0n) is 30.0. The summed E-state index contributed by atoms with van der Waals surface area (Å²) in [4.78, 5) is 44.2. The van der Waals surface area contributed by atoms with Gasteiger partial charge < -0.3 is 29.2 Å². The van der Waals surface area contributed by atoms with E-state index in [1.54, 1.807) is 0 Å². The molecule has 3 heterocycles. The van der Waals surface area contributed by atoms with Crippen molar-refractivity contribution < 1.29 is 33.7 Å². The van der Waals surface area contributed by atoms with Gasteiger partial charge in [0.15, 0.2) is 6.29 Å². The average Bonchev–Trinajstić information content (AvgIpc) is 3.75. The second-order valence-electron chi connectivity index (χ2n) is 13.8. The van der Waals surface area contributed by atoms with Gasteiger partial charge in [-0.1, -0.05) is 109 Å². The number of carbonyl (C=O) groups is 3. The summed E-state index contributed by atoms with van der Waals surface area (Å²) < 4.78 is 20.6. The number of benzene rings is 5. The number of carbonyl (C=O) groups excluding carboxylic acids is 3. The van der Waals surface area contributed by atoms with Crippen LogP contribution in [0.25, 0.3) is 22.2 Å². The van der Waals surface area contributed by atoms with Gasteiger partial charge in [-0.15, -0.1) is 0 Å². The minimum absolute atomic E-state index is 0.0243. The molecular weight excluding hydrogens is 697 g/mol. The van der Waals surface area contributed by atoms with Gasteiger partial charge in [0.05, 0.1) is 55.7 Å². The van der Waals surface area contributed by atoms with E-state index in [0.717, 1.165) is 50.0 Å². The summed E-state index contributed by atoms with van der Waals surface area (Å²) in [6, 6.07) is 39.8. The predicted molar refractivity (Wildman–Crippen MR) is 204 cm³/mol. The first-order valence-electron chi connectivity index (χ1n) is 18.3. The van der Waals surface area contributed by atoms with E-state index in [4.69, 9.17) is 14.2 Å². The fourth-order valence-electron chi connectivity index (χ4n) is 7.14. The number of aromatic nitrogens is 2. The highest BCUT2D eigenvalue weighted by Gasteiger charge is 2.40. The van der Waals surface area contributed by atoms with Gasteiger partial charge in [0, 0.05) is 12.0 Å². The summed E-state index contributed by atoms with van der Waals surface area (Å²) in [5.74, 6) is -0.825. The van der Waals surface area contributed by atoms with E-state index in [-0.39, 0.29) is 44.3 Å². The van der Waals surface area contributed by atoms with Crippen LogP contribution >= 0.6 is 0 Å². The average molecular weight is 737 g/mol. The standard InChI is InChI=1S/C44H40N4O7/c49-26-29-13-15-33(16-14-29)40-22-36(25-47-28-45-37-11-4-5-12-39(37)47)54-43(55-40)34-19-17-32(18-20-34)35-10-6-9-31(21-35)24-48-41(50)23-38(42(48)51)46-44(52)53-27-30-7-2-1-3-8-30/h1-21,28,36,38,40,43,49H,22-27H2,(H,46,52)/t36-,38?,40+,43+/m0/s1. The van der Waals surface area contributed by atoms with Crippen molar-refractivity contribution in [3.05, 3.63) is 162 Å². The lowest BCUT2D eigenvalue weighted by Crippen LogP contribution is -2.41. The van der Waals surface area contributed by atoms with E-state index >= 15 is 0 Å². The molecule has 0 spiro atoms. The molecule has 5 aromatic carbocycles. The second-order valence-corrected chi connectivity index (χ2v) is 13.8. The SMILES string of the molecule is O=C(NC1CC(=O)N(Cc2cccc(-c3ccc([C@@H]4O[C@H](Cn5cnc6ccccc65)C[C@H](c5ccc(CO)cc5)O4)cc3)c2)C1=O)OCc1ccccc1. The van der Waals surface area contributed by atoms with Crippen molar-refractivity contribution in [2.75, 3.05) is 0 Å².